The molecular weight excluding hydrogens is 269 g/mol. The van der Waals surface area contributed by atoms with Crippen molar-refractivity contribution in [2.45, 2.75) is 25.8 Å². The number of hydrogen-bond donors (Lipinski definition) is 1. The highest BCUT2D eigenvalue weighted by Crippen LogP contribution is 2.27. The van der Waals surface area contributed by atoms with Crippen molar-refractivity contribution in [1.29, 1.82) is 0 Å². The van der Waals surface area contributed by atoms with Gasteiger partial charge in [0.25, 0.3) is 0 Å². The number of fused-ring (bicyclic) bond motifs is 1. The minimum absolute atomic E-state index is 0.284. The number of para-hydroxylation sites is 1. The first-order chi connectivity index (χ1) is 8.89. The van der Waals surface area contributed by atoms with E-state index < -0.39 is 17.3 Å². The Hall–Kier alpha value is -1.62. The summed E-state index contributed by atoms with van der Waals surface area (Å²) in [5.74, 6) is -0.0929. The number of aryl methyl sites for hydroxylation is 1. The van der Waals surface area contributed by atoms with Crippen molar-refractivity contribution in [3.8, 4) is 0 Å². The molecule has 2 rings (SSSR count). The molecule has 19 heavy (non-hydrogen) atoms. The van der Waals surface area contributed by atoms with Crippen LogP contribution in [0.4, 0.5) is 4.39 Å². The van der Waals surface area contributed by atoms with E-state index in [0.29, 0.717) is 23.6 Å². The van der Waals surface area contributed by atoms with E-state index in [9.17, 15) is 9.18 Å². The van der Waals surface area contributed by atoms with Crippen LogP contribution in [0.15, 0.2) is 18.2 Å². The zero-order valence-electron chi connectivity index (χ0n) is 10.8. The number of aromatic nitrogens is 2. The molecule has 0 saturated heterocycles. The first-order valence-corrected chi connectivity index (χ1v) is 6.45. The summed E-state index contributed by atoms with van der Waals surface area (Å²) in [6.45, 7) is 3.28. The predicted octanol–water partition coefficient (Wildman–Crippen LogP) is 2.18. The van der Waals surface area contributed by atoms with Gasteiger partial charge in [0.2, 0.25) is 5.91 Å². The topological polar surface area (TPSA) is 60.9 Å². The monoisotopic (exact) mass is 283 g/mol. The van der Waals surface area contributed by atoms with Crippen molar-refractivity contribution < 1.29 is 9.18 Å². The van der Waals surface area contributed by atoms with Crippen LogP contribution in [0, 0.1) is 5.82 Å². The van der Waals surface area contributed by atoms with Gasteiger partial charge in [-0.2, -0.15) is 0 Å². The second-order valence-electron chi connectivity index (χ2n) is 4.83. The number of nitrogens with zero attached hydrogens (tertiary/aromatic N) is 2. The van der Waals surface area contributed by atoms with E-state index in [-0.39, 0.29) is 5.52 Å². The Morgan fingerprint density at radius 2 is 2.21 bits per heavy atom. The molecule has 1 aromatic heterocycles. The molecule has 0 bridgehead atoms. The lowest BCUT2D eigenvalue weighted by Gasteiger charge is -2.25. The van der Waals surface area contributed by atoms with E-state index in [1.165, 1.54) is 6.07 Å². The van der Waals surface area contributed by atoms with Crippen molar-refractivity contribution in [2.24, 2.45) is 5.73 Å². The van der Waals surface area contributed by atoms with Crippen LogP contribution in [0.2, 0.25) is 0 Å². The smallest absolute Gasteiger partial charge is 0.243 e. The first-order valence-electron chi connectivity index (χ1n) is 5.91. The summed E-state index contributed by atoms with van der Waals surface area (Å²) in [6.07, 6.45) is 0.437. The van der Waals surface area contributed by atoms with Crippen LogP contribution in [0.3, 0.4) is 0 Å². The average Bonchev–Trinajstić information content (AvgIpc) is 2.69. The van der Waals surface area contributed by atoms with Gasteiger partial charge in [0, 0.05) is 12.3 Å². The second-order valence-corrected chi connectivity index (χ2v) is 5.21. The van der Waals surface area contributed by atoms with E-state index in [0.717, 1.165) is 0 Å². The molecule has 1 amide bonds. The highest BCUT2D eigenvalue weighted by molar-refractivity contribution is 6.17. The van der Waals surface area contributed by atoms with Gasteiger partial charge in [0.15, 0.2) is 0 Å². The molecule has 0 aliphatic rings. The number of halogens is 2. The van der Waals surface area contributed by atoms with Crippen LogP contribution >= 0.6 is 11.6 Å². The summed E-state index contributed by atoms with van der Waals surface area (Å²) in [5, 5.41) is 0. The first kappa shape index (κ1) is 13.8. The van der Waals surface area contributed by atoms with Gasteiger partial charge in [-0.25, -0.2) is 9.37 Å². The molecule has 0 aliphatic heterocycles. The molecule has 0 saturated carbocycles. The third-order valence-electron chi connectivity index (χ3n) is 3.18. The molecule has 0 fully saturated rings. The molecule has 0 spiro atoms. The van der Waals surface area contributed by atoms with Crippen molar-refractivity contribution in [3.63, 3.8) is 0 Å². The number of imidazole rings is 1. The Labute approximate surface area is 115 Å². The van der Waals surface area contributed by atoms with Crippen molar-refractivity contribution in [1.82, 2.24) is 9.55 Å². The summed E-state index contributed by atoms with van der Waals surface area (Å²) >= 11 is 5.74. The lowest BCUT2D eigenvalue weighted by molar-refractivity contribution is -0.125. The van der Waals surface area contributed by atoms with Crippen LogP contribution in [-0.2, 0) is 16.8 Å². The van der Waals surface area contributed by atoms with E-state index in [1.807, 2.05) is 0 Å². The van der Waals surface area contributed by atoms with Gasteiger partial charge in [0.1, 0.15) is 22.7 Å². The number of rotatable bonds is 4. The van der Waals surface area contributed by atoms with E-state index in [2.05, 4.69) is 4.98 Å². The molecule has 4 nitrogen and oxygen atoms in total. The second kappa shape index (κ2) is 4.81. The Bertz CT molecular complexity index is 636. The van der Waals surface area contributed by atoms with Gasteiger partial charge in [-0.3, -0.25) is 4.79 Å². The average molecular weight is 284 g/mol. The number of nitrogens with two attached hydrogens (primary N) is 1. The van der Waals surface area contributed by atoms with Gasteiger partial charge in [0.05, 0.1) is 5.52 Å². The van der Waals surface area contributed by atoms with Gasteiger partial charge in [-0.1, -0.05) is 6.07 Å². The lowest BCUT2D eigenvalue weighted by atomic mass is 10.0. The van der Waals surface area contributed by atoms with E-state index >= 15 is 0 Å². The van der Waals surface area contributed by atoms with Crippen LogP contribution in [-0.4, -0.2) is 21.3 Å². The standard InChI is InChI=1S/C13H15ClFN3O/c1-13(2,12(16)19)18-10(6-7-14)17-9-5-3-4-8(15)11(9)18/h3-5H,6-7H2,1-2H3,(H2,16,19). The summed E-state index contributed by atoms with van der Waals surface area (Å²) in [5.41, 5.74) is 5.13. The maximum Gasteiger partial charge on any atom is 0.243 e. The molecule has 6 heteroatoms. The molecule has 0 atom stereocenters. The zero-order valence-corrected chi connectivity index (χ0v) is 11.5. The molecule has 2 N–H and O–H groups in total. The lowest BCUT2D eigenvalue weighted by Crippen LogP contribution is -2.42. The number of carbonyl (C=O) groups excluding carboxylic acids is 1. The van der Waals surface area contributed by atoms with Crippen LogP contribution in [0.5, 0.6) is 0 Å². The normalized spacial score (nSPS) is 12.0. The third kappa shape index (κ3) is 2.18. The van der Waals surface area contributed by atoms with E-state index in [4.69, 9.17) is 17.3 Å². The van der Waals surface area contributed by atoms with Gasteiger partial charge < -0.3 is 10.3 Å². The quantitative estimate of drug-likeness (QED) is 0.874. The number of amides is 1. The van der Waals surface area contributed by atoms with Crippen molar-refractivity contribution in [3.05, 3.63) is 29.8 Å². The number of benzene rings is 1. The zero-order chi connectivity index (χ0) is 14.2. The molecule has 0 unspecified atom stereocenters. The predicted molar refractivity (Wildman–Crippen MR) is 72.6 cm³/mol. The minimum Gasteiger partial charge on any atom is -0.368 e. The molecule has 1 heterocycles. The number of hydrogen-bond acceptors (Lipinski definition) is 2. The van der Waals surface area contributed by atoms with Crippen molar-refractivity contribution in [2.75, 3.05) is 5.88 Å². The fraction of sp³-hybridized carbons (Fsp3) is 0.385. The Kier molecular flexibility index (Phi) is 3.49. The highest BCUT2D eigenvalue weighted by Gasteiger charge is 2.32. The fourth-order valence-corrected chi connectivity index (χ4v) is 2.27. The van der Waals surface area contributed by atoms with Gasteiger partial charge >= 0.3 is 0 Å². The van der Waals surface area contributed by atoms with Crippen LogP contribution < -0.4 is 5.73 Å². The summed E-state index contributed by atoms with van der Waals surface area (Å²) in [4.78, 5) is 16.0. The third-order valence-corrected chi connectivity index (χ3v) is 3.37. The minimum atomic E-state index is -1.07. The van der Waals surface area contributed by atoms with Crippen LogP contribution in [0.25, 0.3) is 11.0 Å². The number of primary amides is 1. The molecular formula is C13H15ClFN3O. The Morgan fingerprint density at radius 1 is 1.53 bits per heavy atom. The van der Waals surface area contributed by atoms with Gasteiger partial charge in [-0.05, 0) is 26.0 Å². The maximum atomic E-state index is 14.0. The molecule has 102 valence electrons. The summed E-state index contributed by atoms with van der Waals surface area (Å²) < 4.78 is 15.6. The summed E-state index contributed by atoms with van der Waals surface area (Å²) in [6, 6.07) is 4.61. The highest BCUT2D eigenvalue weighted by atomic mass is 35.5. The summed E-state index contributed by atoms with van der Waals surface area (Å²) in [7, 11) is 0. The largest absolute Gasteiger partial charge is 0.368 e. The van der Waals surface area contributed by atoms with Crippen molar-refractivity contribution >= 4 is 28.5 Å². The molecule has 0 radical (unpaired) electrons. The Balaban J connectivity index is 2.82. The number of carbonyl (C=O) groups is 1. The molecule has 0 aliphatic carbocycles. The van der Waals surface area contributed by atoms with Gasteiger partial charge in [-0.15, -0.1) is 11.6 Å². The SMILES string of the molecule is CC(C)(C(N)=O)n1c(CCCl)nc2cccc(F)c21. The fourth-order valence-electron chi connectivity index (χ4n) is 2.10. The van der Waals surface area contributed by atoms with Crippen LogP contribution in [0.1, 0.15) is 19.7 Å². The van der Waals surface area contributed by atoms with E-state index in [1.54, 1.807) is 30.5 Å². The Morgan fingerprint density at radius 3 is 2.79 bits per heavy atom. The number of alkyl halides is 1. The maximum absolute atomic E-state index is 14.0. The molecule has 2 aromatic rings. The molecule has 1 aromatic carbocycles.